The van der Waals surface area contributed by atoms with Gasteiger partial charge in [-0.3, -0.25) is 0 Å². The van der Waals surface area contributed by atoms with Crippen LogP contribution in [0.2, 0.25) is 0 Å². The van der Waals surface area contributed by atoms with E-state index in [0.29, 0.717) is 17.9 Å². The van der Waals surface area contributed by atoms with E-state index in [1.807, 2.05) is 31.2 Å². The van der Waals surface area contributed by atoms with Gasteiger partial charge in [-0.1, -0.05) is 48.0 Å². The predicted molar refractivity (Wildman–Crippen MR) is 83.2 cm³/mol. The maximum atomic E-state index is 10.9. The quantitative estimate of drug-likeness (QED) is 0.676. The largest absolute Gasteiger partial charge is 0.488 e. The van der Waals surface area contributed by atoms with Crippen LogP contribution in [-0.2, 0) is 11.4 Å². The Labute approximate surface area is 128 Å². The zero-order valence-corrected chi connectivity index (χ0v) is 12.1. The van der Waals surface area contributed by atoms with Crippen LogP contribution in [-0.4, -0.2) is 11.1 Å². The lowest BCUT2D eigenvalue weighted by Gasteiger charge is -2.10. The smallest absolute Gasteiger partial charge is 0.346 e. The van der Waals surface area contributed by atoms with Crippen LogP contribution >= 0.6 is 0 Å². The topological polar surface area (TPSA) is 70.3 Å². The maximum absolute atomic E-state index is 10.9. The van der Waals surface area contributed by atoms with Crippen LogP contribution in [0.4, 0.5) is 0 Å². The first-order valence-electron chi connectivity index (χ1n) is 6.72. The van der Waals surface area contributed by atoms with E-state index in [1.54, 1.807) is 30.3 Å². The highest BCUT2D eigenvalue weighted by atomic mass is 16.5. The van der Waals surface area contributed by atoms with Crippen molar-refractivity contribution in [3.63, 3.8) is 0 Å². The summed E-state index contributed by atoms with van der Waals surface area (Å²) in [5.74, 6) is -0.714. The molecule has 0 saturated carbocycles. The highest BCUT2D eigenvalue weighted by Gasteiger charge is 2.08. The van der Waals surface area contributed by atoms with E-state index in [-0.39, 0.29) is 5.57 Å². The third-order valence-electron chi connectivity index (χ3n) is 3.05. The second-order valence-corrected chi connectivity index (χ2v) is 4.79. The minimum Gasteiger partial charge on any atom is -0.488 e. The van der Waals surface area contributed by atoms with Crippen LogP contribution in [0.5, 0.6) is 5.75 Å². The van der Waals surface area contributed by atoms with Gasteiger partial charge in [0.2, 0.25) is 0 Å². The monoisotopic (exact) mass is 293 g/mol. The van der Waals surface area contributed by atoms with E-state index in [2.05, 4.69) is 0 Å². The molecule has 0 bridgehead atoms. The molecule has 0 spiro atoms. The number of nitrogens with zero attached hydrogens (tertiary/aromatic N) is 1. The lowest BCUT2D eigenvalue weighted by molar-refractivity contribution is -0.132. The molecule has 0 aliphatic carbocycles. The van der Waals surface area contributed by atoms with Gasteiger partial charge in [-0.05, 0) is 24.6 Å². The van der Waals surface area contributed by atoms with E-state index in [4.69, 9.17) is 15.1 Å². The van der Waals surface area contributed by atoms with Crippen molar-refractivity contribution in [3.8, 4) is 11.8 Å². The minimum atomic E-state index is -1.25. The number of nitriles is 1. The third-order valence-corrected chi connectivity index (χ3v) is 3.05. The number of carboxylic acids is 1. The molecule has 1 N–H and O–H groups in total. The molecule has 2 aromatic carbocycles. The van der Waals surface area contributed by atoms with Gasteiger partial charge >= 0.3 is 5.97 Å². The van der Waals surface area contributed by atoms with Crippen molar-refractivity contribution in [2.75, 3.05) is 0 Å². The molecule has 22 heavy (non-hydrogen) atoms. The fraction of sp³-hybridized carbons (Fsp3) is 0.111. The number of para-hydroxylation sites is 1. The SMILES string of the molecule is Cc1cccc(COc2ccccc2C=C(C#N)C(=O)O)c1. The molecule has 2 aromatic rings. The Morgan fingerprint density at radius 3 is 2.73 bits per heavy atom. The molecule has 0 saturated heterocycles. The molecular formula is C18H15NO3. The Bertz CT molecular complexity index is 757. The summed E-state index contributed by atoms with van der Waals surface area (Å²) in [6.07, 6.45) is 1.31. The van der Waals surface area contributed by atoms with Crippen molar-refractivity contribution in [2.24, 2.45) is 0 Å². The lowest BCUT2D eigenvalue weighted by atomic mass is 10.1. The van der Waals surface area contributed by atoms with Crippen molar-refractivity contribution in [1.29, 1.82) is 5.26 Å². The summed E-state index contributed by atoms with van der Waals surface area (Å²) < 4.78 is 5.76. The number of aliphatic carboxylic acids is 1. The number of hydrogen-bond donors (Lipinski definition) is 1. The van der Waals surface area contributed by atoms with Crippen LogP contribution in [0.15, 0.2) is 54.1 Å². The molecule has 0 aromatic heterocycles. The maximum Gasteiger partial charge on any atom is 0.346 e. The van der Waals surface area contributed by atoms with Gasteiger partial charge in [-0.25, -0.2) is 4.79 Å². The standard InChI is InChI=1S/C18H15NO3/c1-13-5-4-6-14(9-13)12-22-17-8-3-2-7-15(17)10-16(11-19)18(20)21/h2-10H,12H2,1H3,(H,20,21). The number of aryl methyl sites for hydroxylation is 1. The van der Waals surface area contributed by atoms with E-state index in [9.17, 15) is 4.79 Å². The number of rotatable bonds is 5. The molecular weight excluding hydrogens is 278 g/mol. The molecule has 0 aliphatic rings. The number of benzene rings is 2. The highest BCUT2D eigenvalue weighted by molar-refractivity contribution is 5.96. The number of carboxylic acid groups (broad SMARTS) is 1. The molecule has 0 unspecified atom stereocenters. The Kier molecular flexibility index (Phi) is 4.94. The van der Waals surface area contributed by atoms with Crippen LogP contribution in [0, 0.1) is 18.3 Å². The second kappa shape index (κ2) is 7.09. The van der Waals surface area contributed by atoms with Gasteiger partial charge in [-0.15, -0.1) is 0 Å². The van der Waals surface area contributed by atoms with Gasteiger partial charge in [0.15, 0.2) is 0 Å². The summed E-state index contributed by atoms with van der Waals surface area (Å²) in [7, 11) is 0. The fourth-order valence-corrected chi connectivity index (χ4v) is 1.99. The van der Waals surface area contributed by atoms with Gasteiger partial charge in [0, 0.05) is 5.56 Å². The Morgan fingerprint density at radius 1 is 1.27 bits per heavy atom. The summed E-state index contributed by atoms with van der Waals surface area (Å²) in [6, 6.07) is 16.6. The van der Waals surface area contributed by atoms with Gasteiger partial charge in [0.05, 0.1) is 0 Å². The molecule has 0 radical (unpaired) electrons. The van der Waals surface area contributed by atoms with E-state index >= 15 is 0 Å². The van der Waals surface area contributed by atoms with Gasteiger partial charge < -0.3 is 9.84 Å². The first-order chi connectivity index (χ1) is 10.6. The van der Waals surface area contributed by atoms with Crippen LogP contribution < -0.4 is 4.74 Å². The average Bonchev–Trinajstić information content (AvgIpc) is 2.51. The zero-order chi connectivity index (χ0) is 15.9. The molecule has 110 valence electrons. The van der Waals surface area contributed by atoms with E-state index < -0.39 is 5.97 Å². The van der Waals surface area contributed by atoms with Crippen LogP contribution in [0.25, 0.3) is 6.08 Å². The lowest BCUT2D eigenvalue weighted by Crippen LogP contribution is -2.00. The predicted octanol–water partition coefficient (Wildman–Crippen LogP) is 3.57. The van der Waals surface area contributed by atoms with Crippen LogP contribution in [0.3, 0.4) is 0 Å². The summed E-state index contributed by atoms with van der Waals surface area (Å²) in [6.45, 7) is 2.38. The van der Waals surface area contributed by atoms with Crippen molar-refractivity contribution >= 4 is 12.0 Å². The molecule has 0 aliphatic heterocycles. The molecule has 2 rings (SSSR count). The molecule has 0 amide bonds. The number of ether oxygens (including phenoxy) is 1. The minimum absolute atomic E-state index is 0.327. The first kappa shape index (κ1) is 15.3. The molecule has 0 fully saturated rings. The van der Waals surface area contributed by atoms with Crippen molar-refractivity contribution in [2.45, 2.75) is 13.5 Å². The van der Waals surface area contributed by atoms with Gasteiger partial charge in [0.1, 0.15) is 24.0 Å². The highest BCUT2D eigenvalue weighted by Crippen LogP contribution is 2.22. The summed E-state index contributed by atoms with van der Waals surface area (Å²) in [5, 5.41) is 17.8. The third kappa shape index (κ3) is 3.97. The zero-order valence-electron chi connectivity index (χ0n) is 12.1. The van der Waals surface area contributed by atoms with Crippen molar-refractivity contribution < 1.29 is 14.6 Å². The molecule has 4 nitrogen and oxygen atoms in total. The summed E-state index contributed by atoms with van der Waals surface area (Å²) in [5.41, 5.74) is 2.41. The Morgan fingerprint density at radius 2 is 2.05 bits per heavy atom. The number of hydrogen-bond acceptors (Lipinski definition) is 3. The fourth-order valence-electron chi connectivity index (χ4n) is 1.99. The van der Waals surface area contributed by atoms with Crippen molar-refractivity contribution in [1.82, 2.24) is 0 Å². The molecule has 4 heteroatoms. The van der Waals surface area contributed by atoms with Crippen LogP contribution in [0.1, 0.15) is 16.7 Å². The summed E-state index contributed by atoms with van der Waals surface area (Å²) >= 11 is 0. The van der Waals surface area contributed by atoms with Gasteiger partial charge in [0.25, 0.3) is 0 Å². The average molecular weight is 293 g/mol. The van der Waals surface area contributed by atoms with Gasteiger partial charge in [-0.2, -0.15) is 5.26 Å². The molecule has 0 atom stereocenters. The Hall–Kier alpha value is -3.06. The Balaban J connectivity index is 2.22. The van der Waals surface area contributed by atoms with E-state index in [0.717, 1.165) is 11.1 Å². The summed E-state index contributed by atoms with van der Waals surface area (Å²) in [4.78, 5) is 10.9. The van der Waals surface area contributed by atoms with E-state index in [1.165, 1.54) is 6.08 Å². The second-order valence-electron chi connectivity index (χ2n) is 4.79. The number of carbonyl (C=O) groups is 1. The van der Waals surface area contributed by atoms with Crippen molar-refractivity contribution in [3.05, 3.63) is 70.8 Å². The first-order valence-corrected chi connectivity index (χ1v) is 6.72. The molecule has 0 heterocycles. The normalized spacial score (nSPS) is 10.8.